The van der Waals surface area contributed by atoms with Gasteiger partial charge in [-0.25, -0.2) is 18.3 Å². The van der Waals surface area contributed by atoms with E-state index in [-0.39, 0.29) is 6.29 Å². The van der Waals surface area contributed by atoms with Crippen LogP contribution in [0.4, 0.5) is 0 Å². The van der Waals surface area contributed by atoms with Gasteiger partial charge in [0.2, 0.25) is 0 Å². The Balaban J connectivity index is 0. The Bertz CT molecular complexity index is 604. The summed E-state index contributed by atoms with van der Waals surface area (Å²) in [5.74, 6) is 0. The van der Waals surface area contributed by atoms with Crippen LogP contribution in [-0.4, -0.2) is 81.0 Å². The molecular formula is C5H16O18P4. The number of aldehydes is 1. The second-order valence-corrected chi connectivity index (χ2v) is 9.83. The molecule has 5 atom stereocenters. The molecule has 0 aliphatic heterocycles. The van der Waals surface area contributed by atoms with Crippen LogP contribution in [0, 0.1) is 0 Å². The van der Waals surface area contributed by atoms with Crippen LogP contribution >= 0.6 is 31.3 Å². The van der Waals surface area contributed by atoms with E-state index in [1.807, 2.05) is 0 Å². The fraction of sp³-hybridized carbons (Fsp3) is 0.800. The van der Waals surface area contributed by atoms with Gasteiger partial charge < -0.3 is 54.6 Å². The normalized spacial score (nSPS) is 20.2. The second-order valence-electron chi connectivity index (χ2n) is 4.03. The lowest BCUT2D eigenvalue weighted by molar-refractivity contribution is -0.127. The number of carbonyl (C=O) groups excluding carboxylic acids is 1. The second kappa shape index (κ2) is 11.3. The Kier molecular flexibility index (Phi) is 12.3. The minimum Gasteiger partial charge on any atom is -0.394 e. The van der Waals surface area contributed by atoms with E-state index in [0.717, 1.165) is 0 Å². The first-order chi connectivity index (χ1) is 11.8. The highest BCUT2D eigenvalue weighted by atomic mass is 31.3. The van der Waals surface area contributed by atoms with Crippen molar-refractivity contribution >= 4 is 37.6 Å². The van der Waals surface area contributed by atoms with Crippen LogP contribution in [0.5, 0.6) is 0 Å². The van der Waals surface area contributed by atoms with Crippen molar-refractivity contribution in [2.75, 3.05) is 6.61 Å². The maximum atomic E-state index is 10.7. The summed E-state index contributed by atoms with van der Waals surface area (Å²) in [5.41, 5.74) is 0. The molecule has 27 heavy (non-hydrogen) atoms. The molecule has 164 valence electrons. The molecular weight excluding hydrogens is 472 g/mol. The maximum Gasteiger partial charge on any atom is 0.490 e. The number of phosphoric acid groups is 4. The van der Waals surface area contributed by atoms with Crippen molar-refractivity contribution in [3.63, 3.8) is 0 Å². The van der Waals surface area contributed by atoms with Gasteiger partial charge in [-0.05, 0) is 0 Å². The predicted molar refractivity (Wildman–Crippen MR) is 78.2 cm³/mol. The van der Waals surface area contributed by atoms with E-state index < -0.39 is 56.2 Å². The lowest BCUT2D eigenvalue weighted by Crippen LogP contribution is -2.40. The van der Waals surface area contributed by atoms with Gasteiger partial charge >= 0.3 is 31.3 Å². The van der Waals surface area contributed by atoms with Gasteiger partial charge in [0.15, 0.2) is 6.29 Å². The van der Waals surface area contributed by atoms with Gasteiger partial charge in [-0.2, -0.15) is 12.9 Å². The summed E-state index contributed by atoms with van der Waals surface area (Å²) in [6.07, 6.45) is -4.63. The predicted octanol–water partition coefficient (Wildman–Crippen LogP) is -3.32. The number of aliphatic hydroxyl groups excluding tert-OH is 4. The van der Waals surface area contributed by atoms with Crippen LogP contribution in [0.3, 0.4) is 0 Å². The summed E-state index contributed by atoms with van der Waals surface area (Å²) in [6.45, 7) is -0.688. The summed E-state index contributed by atoms with van der Waals surface area (Å²) in [6, 6.07) is 0. The van der Waals surface area contributed by atoms with Crippen molar-refractivity contribution in [1.82, 2.24) is 0 Å². The van der Waals surface area contributed by atoms with Gasteiger partial charge in [-0.1, -0.05) is 0 Å². The third-order valence-electron chi connectivity index (χ3n) is 1.70. The summed E-state index contributed by atoms with van der Waals surface area (Å²) in [5, 5.41) is 34.1. The fourth-order valence-electron chi connectivity index (χ4n) is 0.845. The molecule has 22 heteroatoms. The first kappa shape index (κ1) is 29.3. The summed E-state index contributed by atoms with van der Waals surface area (Å²) >= 11 is 0. The molecule has 0 heterocycles. The van der Waals surface area contributed by atoms with Crippen molar-refractivity contribution in [1.29, 1.82) is 0 Å². The standard InChI is InChI=1S/C5H10O5.H6O13P4/c6-1-3(8)5(10)4(9)2-7;1-14(2,3)11-16(7,8)13-17(9,10)12-15(4,5)6/h1,3-5,7-10H,2H2;(H,7,8)(H,9,10)(H2,1,2,3)(H2,4,5,6)/t3-,4+,5-;/m0./s1. The van der Waals surface area contributed by atoms with Crippen LogP contribution in [0.25, 0.3) is 0 Å². The minimum absolute atomic E-state index is 0.0869. The Morgan fingerprint density at radius 2 is 1.07 bits per heavy atom. The van der Waals surface area contributed by atoms with E-state index in [4.69, 9.17) is 49.8 Å². The summed E-state index contributed by atoms with van der Waals surface area (Å²) in [4.78, 5) is 59.2. The van der Waals surface area contributed by atoms with E-state index in [2.05, 4.69) is 12.9 Å². The Morgan fingerprint density at radius 1 is 0.741 bits per heavy atom. The molecule has 0 aromatic heterocycles. The molecule has 0 spiro atoms. The molecule has 0 bridgehead atoms. The highest BCUT2D eigenvalue weighted by Gasteiger charge is 2.43. The Morgan fingerprint density at radius 3 is 1.30 bits per heavy atom. The van der Waals surface area contributed by atoms with Crippen molar-refractivity contribution in [2.45, 2.75) is 18.3 Å². The average Bonchev–Trinajstić information content (AvgIpc) is 2.38. The molecule has 0 aliphatic rings. The molecule has 0 aromatic rings. The molecule has 0 saturated carbocycles. The average molecular weight is 488 g/mol. The van der Waals surface area contributed by atoms with E-state index in [0.29, 0.717) is 0 Å². The summed E-state index contributed by atoms with van der Waals surface area (Å²) < 4.78 is 50.9. The molecule has 0 aliphatic carbocycles. The van der Waals surface area contributed by atoms with Gasteiger partial charge in [0.1, 0.15) is 18.3 Å². The molecule has 0 amide bonds. The van der Waals surface area contributed by atoms with Crippen molar-refractivity contribution in [3.05, 3.63) is 0 Å². The number of hydrogen-bond donors (Lipinski definition) is 10. The van der Waals surface area contributed by atoms with Crippen LogP contribution in [0.2, 0.25) is 0 Å². The van der Waals surface area contributed by atoms with E-state index in [1.54, 1.807) is 0 Å². The van der Waals surface area contributed by atoms with E-state index in [1.165, 1.54) is 0 Å². The minimum atomic E-state index is -5.77. The number of aliphatic hydroxyl groups is 4. The van der Waals surface area contributed by atoms with Gasteiger partial charge in [0.25, 0.3) is 0 Å². The van der Waals surface area contributed by atoms with Gasteiger partial charge in [-0.3, -0.25) is 0 Å². The molecule has 10 N–H and O–H groups in total. The third kappa shape index (κ3) is 16.7. The first-order valence-electron chi connectivity index (χ1n) is 5.76. The number of hydrogen-bond acceptors (Lipinski definition) is 12. The third-order valence-corrected chi connectivity index (χ3v) is 6.70. The molecule has 0 radical (unpaired) electrons. The molecule has 18 nitrogen and oxygen atoms in total. The molecule has 0 rings (SSSR count). The Labute approximate surface area is 149 Å². The van der Waals surface area contributed by atoms with E-state index >= 15 is 0 Å². The molecule has 2 unspecified atom stereocenters. The number of rotatable bonds is 10. The van der Waals surface area contributed by atoms with Crippen molar-refractivity contribution < 1.29 is 85.8 Å². The molecule has 0 fully saturated rings. The topological polar surface area (TPSA) is 315 Å². The highest BCUT2D eigenvalue weighted by molar-refractivity contribution is 7.69. The maximum absolute atomic E-state index is 10.7. The Hall–Kier alpha value is 0.0700. The number of carbonyl (C=O) groups is 1. The zero-order valence-electron chi connectivity index (χ0n) is 12.5. The SMILES string of the molecule is O=C[C@H](O)[C@H](O)[C@H](O)CO.O=P(O)(O)OP(=O)(O)OP(=O)(O)OP(=O)(O)O. The highest BCUT2D eigenvalue weighted by Crippen LogP contribution is 2.69. The van der Waals surface area contributed by atoms with Crippen molar-refractivity contribution in [2.24, 2.45) is 0 Å². The lowest BCUT2D eigenvalue weighted by Gasteiger charge is -2.16. The smallest absolute Gasteiger partial charge is 0.394 e. The quantitative estimate of drug-likeness (QED) is 0.106. The zero-order valence-corrected chi connectivity index (χ0v) is 16.1. The van der Waals surface area contributed by atoms with Gasteiger partial charge in [-0.15, -0.1) is 0 Å². The molecule has 0 aromatic carbocycles. The van der Waals surface area contributed by atoms with Crippen LogP contribution < -0.4 is 0 Å². The van der Waals surface area contributed by atoms with Crippen LogP contribution in [0.15, 0.2) is 0 Å². The molecule has 0 saturated heterocycles. The largest absolute Gasteiger partial charge is 0.490 e. The van der Waals surface area contributed by atoms with Crippen molar-refractivity contribution in [3.8, 4) is 0 Å². The lowest BCUT2D eigenvalue weighted by atomic mass is 10.1. The summed E-state index contributed by atoms with van der Waals surface area (Å²) in [7, 11) is -22.6. The monoisotopic (exact) mass is 488 g/mol. The van der Waals surface area contributed by atoms with Crippen LogP contribution in [0.1, 0.15) is 0 Å². The fourth-order valence-corrected chi connectivity index (χ4v) is 4.81. The zero-order chi connectivity index (χ0) is 22.3. The van der Waals surface area contributed by atoms with Crippen LogP contribution in [-0.2, 0) is 36.0 Å². The first-order valence-corrected chi connectivity index (χ1v) is 11.8. The van der Waals surface area contributed by atoms with Gasteiger partial charge in [0, 0.05) is 0 Å². The van der Waals surface area contributed by atoms with Gasteiger partial charge in [0.05, 0.1) is 6.61 Å². The van der Waals surface area contributed by atoms with E-state index in [9.17, 15) is 23.1 Å².